The third-order valence-electron chi connectivity index (χ3n) is 2.51. The van der Waals surface area contributed by atoms with Gasteiger partial charge in [-0.05, 0) is 0 Å². The van der Waals surface area contributed by atoms with E-state index in [-0.39, 0.29) is 6.61 Å². The molecule has 0 amide bonds. The highest BCUT2D eigenvalue weighted by Gasteiger charge is 2.43. The van der Waals surface area contributed by atoms with Gasteiger partial charge in [0.15, 0.2) is 6.29 Å². The second kappa shape index (κ2) is 7.17. The summed E-state index contributed by atoms with van der Waals surface area (Å²) in [7, 11) is -1.61. The van der Waals surface area contributed by atoms with Gasteiger partial charge in [0.05, 0.1) is 13.2 Å². The standard InChI is InChI=1S/C9H17BO8/c11-4-5-6(12)7(13)8(14)9(18-5)17-3-1-2-10(15)16/h1-2,5-9,11-16H,3-4H2/b2-1+/t5-,6-,7+,8-,9-/m1/s1. The van der Waals surface area contributed by atoms with Crippen LogP contribution in [0.5, 0.6) is 0 Å². The number of ether oxygens (including phenoxy) is 2. The largest absolute Gasteiger partial charge is 0.480 e. The van der Waals surface area contributed by atoms with Crippen molar-refractivity contribution >= 4 is 7.12 Å². The van der Waals surface area contributed by atoms with Crippen molar-refractivity contribution in [3.8, 4) is 0 Å². The number of rotatable bonds is 5. The van der Waals surface area contributed by atoms with Crippen LogP contribution in [-0.4, -0.2) is 81.5 Å². The molecule has 9 heteroatoms. The molecule has 5 atom stereocenters. The molecule has 0 radical (unpaired) electrons. The summed E-state index contributed by atoms with van der Waals surface area (Å²) in [5.41, 5.74) is 0. The summed E-state index contributed by atoms with van der Waals surface area (Å²) in [6.45, 7) is -0.629. The average molecular weight is 264 g/mol. The molecule has 6 N–H and O–H groups in total. The predicted molar refractivity (Wildman–Crippen MR) is 59.1 cm³/mol. The summed E-state index contributed by atoms with van der Waals surface area (Å²) in [5, 5.41) is 54.5. The van der Waals surface area contributed by atoms with E-state index in [1.807, 2.05) is 0 Å². The quantitative estimate of drug-likeness (QED) is 0.279. The molecule has 18 heavy (non-hydrogen) atoms. The Labute approximate surface area is 104 Å². The van der Waals surface area contributed by atoms with Gasteiger partial charge in [0.2, 0.25) is 0 Å². The molecule has 0 unspecified atom stereocenters. The predicted octanol–water partition coefficient (Wildman–Crippen LogP) is -3.63. The van der Waals surface area contributed by atoms with E-state index >= 15 is 0 Å². The van der Waals surface area contributed by atoms with Crippen molar-refractivity contribution in [1.82, 2.24) is 0 Å². The van der Waals surface area contributed by atoms with Gasteiger partial charge in [0, 0.05) is 0 Å². The maximum absolute atomic E-state index is 9.57. The first-order chi connectivity index (χ1) is 8.47. The van der Waals surface area contributed by atoms with Crippen LogP contribution in [0.25, 0.3) is 0 Å². The second-order valence-corrected chi connectivity index (χ2v) is 3.87. The minimum atomic E-state index is -1.61. The Hall–Kier alpha value is -0.515. The molecule has 8 nitrogen and oxygen atoms in total. The highest BCUT2D eigenvalue weighted by Crippen LogP contribution is 2.21. The first-order valence-electron chi connectivity index (χ1n) is 5.42. The minimum Gasteiger partial charge on any atom is -0.424 e. The van der Waals surface area contributed by atoms with Gasteiger partial charge in [-0.2, -0.15) is 0 Å². The third-order valence-corrected chi connectivity index (χ3v) is 2.51. The molecule has 0 aromatic heterocycles. The zero-order chi connectivity index (χ0) is 13.7. The average Bonchev–Trinajstić information content (AvgIpc) is 2.34. The van der Waals surface area contributed by atoms with Crippen LogP contribution in [0, 0.1) is 0 Å². The Balaban J connectivity index is 2.49. The maximum atomic E-state index is 9.57. The molecule has 0 aromatic rings. The van der Waals surface area contributed by atoms with E-state index in [0.29, 0.717) is 0 Å². The molecule has 0 spiro atoms. The number of aliphatic hydroxyl groups excluding tert-OH is 4. The van der Waals surface area contributed by atoms with Crippen LogP contribution in [0.3, 0.4) is 0 Å². The van der Waals surface area contributed by atoms with Crippen LogP contribution in [0.1, 0.15) is 0 Å². The van der Waals surface area contributed by atoms with Crippen LogP contribution in [0.15, 0.2) is 12.1 Å². The molecular weight excluding hydrogens is 247 g/mol. The van der Waals surface area contributed by atoms with E-state index in [4.69, 9.17) is 24.6 Å². The molecule has 0 aliphatic carbocycles. The topological polar surface area (TPSA) is 140 Å². The zero-order valence-electron chi connectivity index (χ0n) is 9.53. The van der Waals surface area contributed by atoms with Crippen LogP contribution < -0.4 is 0 Å². The fourth-order valence-corrected chi connectivity index (χ4v) is 1.53. The molecule has 1 fully saturated rings. The second-order valence-electron chi connectivity index (χ2n) is 3.87. The van der Waals surface area contributed by atoms with Crippen molar-refractivity contribution in [3.63, 3.8) is 0 Å². The van der Waals surface area contributed by atoms with Crippen molar-refractivity contribution in [1.29, 1.82) is 0 Å². The van der Waals surface area contributed by atoms with Gasteiger partial charge in [0.1, 0.15) is 24.4 Å². The van der Waals surface area contributed by atoms with Gasteiger partial charge >= 0.3 is 7.12 Å². The van der Waals surface area contributed by atoms with Crippen molar-refractivity contribution in [2.45, 2.75) is 30.7 Å². The molecule has 1 aliphatic rings. The van der Waals surface area contributed by atoms with Gasteiger partial charge in [-0.1, -0.05) is 12.1 Å². The van der Waals surface area contributed by atoms with Crippen molar-refractivity contribution < 1.29 is 39.9 Å². The molecule has 1 saturated heterocycles. The van der Waals surface area contributed by atoms with E-state index in [1.165, 1.54) is 6.08 Å². The smallest absolute Gasteiger partial charge is 0.424 e. The summed E-state index contributed by atoms with van der Waals surface area (Å²) >= 11 is 0. The normalized spacial score (nSPS) is 37.1. The molecule has 1 rings (SSSR count). The highest BCUT2D eigenvalue weighted by molar-refractivity contribution is 6.47. The van der Waals surface area contributed by atoms with E-state index in [2.05, 4.69) is 0 Å². The summed E-state index contributed by atoms with van der Waals surface area (Å²) in [6, 6.07) is 0. The third kappa shape index (κ3) is 4.00. The van der Waals surface area contributed by atoms with Gasteiger partial charge in [-0.3, -0.25) is 0 Å². The monoisotopic (exact) mass is 264 g/mol. The fraction of sp³-hybridized carbons (Fsp3) is 0.778. The lowest BCUT2D eigenvalue weighted by molar-refractivity contribution is -0.298. The lowest BCUT2D eigenvalue weighted by atomic mass is 9.92. The van der Waals surface area contributed by atoms with Gasteiger partial charge in [-0.25, -0.2) is 0 Å². The molecule has 1 aliphatic heterocycles. The summed E-state index contributed by atoms with van der Waals surface area (Å²) < 4.78 is 10.1. The molecule has 0 bridgehead atoms. The molecule has 1 heterocycles. The van der Waals surface area contributed by atoms with E-state index in [9.17, 15) is 15.3 Å². The Kier molecular flexibility index (Phi) is 6.19. The minimum absolute atomic E-state index is 0.0969. The Morgan fingerprint density at radius 1 is 1.11 bits per heavy atom. The van der Waals surface area contributed by atoms with Crippen LogP contribution in [0.4, 0.5) is 0 Å². The van der Waals surface area contributed by atoms with E-state index in [0.717, 1.165) is 5.98 Å². The molecule has 0 saturated carbocycles. The summed E-state index contributed by atoms with van der Waals surface area (Å²) in [6.07, 6.45) is -5.35. The van der Waals surface area contributed by atoms with Crippen LogP contribution in [-0.2, 0) is 9.47 Å². The SMILES string of the molecule is OC[C@H]1O[C@@H](OC/C=C/B(O)O)[C@H](O)[C@@H](O)[C@@H]1O. The van der Waals surface area contributed by atoms with Gasteiger partial charge < -0.3 is 39.9 Å². The zero-order valence-corrected chi connectivity index (χ0v) is 9.53. The van der Waals surface area contributed by atoms with Crippen LogP contribution in [0.2, 0.25) is 0 Å². The number of aliphatic hydroxyl groups is 4. The summed E-state index contributed by atoms with van der Waals surface area (Å²) in [4.78, 5) is 0. The van der Waals surface area contributed by atoms with Crippen molar-refractivity contribution in [2.75, 3.05) is 13.2 Å². The Morgan fingerprint density at radius 3 is 2.33 bits per heavy atom. The number of hydrogen-bond acceptors (Lipinski definition) is 8. The molecule has 104 valence electrons. The van der Waals surface area contributed by atoms with E-state index in [1.54, 1.807) is 0 Å². The molecular formula is C9H17BO8. The first-order valence-corrected chi connectivity index (χ1v) is 5.42. The van der Waals surface area contributed by atoms with Gasteiger partial charge in [-0.15, -0.1) is 0 Å². The lowest BCUT2D eigenvalue weighted by Crippen LogP contribution is -2.59. The van der Waals surface area contributed by atoms with E-state index < -0.39 is 44.4 Å². The van der Waals surface area contributed by atoms with Crippen molar-refractivity contribution in [3.05, 3.63) is 12.1 Å². The fourth-order valence-electron chi connectivity index (χ4n) is 1.53. The van der Waals surface area contributed by atoms with Crippen molar-refractivity contribution in [2.24, 2.45) is 0 Å². The van der Waals surface area contributed by atoms with Gasteiger partial charge in [0.25, 0.3) is 0 Å². The summed E-state index contributed by atoms with van der Waals surface area (Å²) in [5.74, 6) is 1.05. The number of hydrogen-bond donors (Lipinski definition) is 6. The lowest BCUT2D eigenvalue weighted by Gasteiger charge is -2.39. The Bertz CT molecular complexity index is 271. The molecule has 0 aromatic carbocycles. The highest BCUT2D eigenvalue weighted by atomic mass is 16.7. The Morgan fingerprint density at radius 2 is 1.78 bits per heavy atom. The maximum Gasteiger partial charge on any atom is 0.480 e. The van der Waals surface area contributed by atoms with Crippen LogP contribution >= 0.6 is 0 Å². The first kappa shape index (κ1) is 15.5.